The highest BCUT2D eigenvalue weighted by Gasteiger charge is 2.45. The summed E-state index contributed by atoms with van der Waals surface area (Å²) in [6.45, 7) is -0.589. The molecule has 2 aromatic heterocycles. The number of benzene rings is 1. The lowest BCUT2D eigenvalue weighted by molar-refractivity contribution is -0.0521. The van der Waals surface area contributed by atoms with Gasteiger partial charge >= 0.3 is 0 Å². The van der Waals surface area contributed by atoms with E-state index >= 15 is 0 Å². The summed E-state index contributed by atoms with van der Waals surface area (Å²) < 4.78 is 33.9. The van der Waals surface area contributed by atoms with Gasteiger partial charge in [0.05, 0.1) is 12.2 Å². The summed E-state index contributed by atoms with van der Waals surface area (Å²) >= 11 is 3.14. The standard InChI is InChI=1S/C17H17BrN6O8S/c18-16-20-9-12(19)21-17(33(30,31)23-14(29)6-3-1-2-4-7(6)26)22-13(9)24(16)15-11(28)10(27)8(5-25)32-15/h1-4,8,10-11,15,25-28H,5H2,(H,23,29)(H2,19,21,22)/t8-,10?,11?,15-/m1/s1. The summed E-state index contributed by atoms with van der Waals surface area (Å²) in [5.74, 6) is -1.93. The van der Waals surface area contributed by atoms with Gasteiger partial charge in [-0.1, -0.05) is 12.1 Å². The van der Waals surface area contributed by atoms with Gasteiger partial charge in [0.1, 0.15) is 24.1 Å². The Labute approximate surface area is 193 Å². The second-order valence-electron chi connectivity index (χ2n) is 7.00. The second kappa shape index (κ2) is 8.47. The Balaban J connectivity index is 1.76. The Kier molecular flexibility index (Phi) is 5.97. The molecule has 0 aliphatic carbocycles. The highest BCUT2D eigenvalue weighted by molar-refractivity contribution is 9.10. The predicted molar refractivity (Wildman–Crippen MR) is 113 cm³/mol. The van der Waals surface area contributed by atoms with Crippen LogP contribution in [-0.4, -0.2) is 79.2 Å². The number of anilines is 1. The molecule has 3 heterocycles. The number of hydrogen-bond acceptors (Lipinski definition) is 12. The van der Waals surface area contributed by atoms with Gasteiger partial charge in [0.2, 0.25) is 0 Å². The molecule has 7 N–H and O–H groups in total. The first-order chi connectivity index (χ1) is 15.5. The van der Waals surface area contributed by atoms with Crippen LogP contribution >= 0.6 is 15.9 Å². The number of imidazole rings is 1. The summed E-state index contributed by atoms with van der Waals surface area (Å²) in [4.78, 5) is 24.1. The SMILES string of the molecule is Nc1nc(S(=O)(=O)NC(=O)c2ccccc2O)nc2c1nc(Br)n2[C@@H]1O[C@H](CO)C(O)C1O. The number of phenolic OH excluding ortho intramolecular Hbond substituents is 1. The van der Waals surface area contributed by atoms with Crippen molar-refractivity contribution < 1.29 is 38.4 Å². The molecule has 1 amide bonds. The maximum absolute atomic E-state index is 12.8. The summed E-state index contributed by atoms with van der Waals surface area (Å²) in [7, 11) is -4.67. The molecule has 14 nitrogen and oxygen atoms in total. The van der Waals surface area contributed by atoms with Gasteiger partial charge in [0, 0.05) is 0 Å². The number of nitrogens with zero attached hydrogens (tertiary/aromatic N) is 4. The zero-order chi connectivity index (χ0) is 24.1. The van der Waals surface area contributed by atoms with Crippen molar-refractivity contribution in [1.82, 2.24) is 24.2 Å². The average Bonchev–Trinajstić information content (AvgIpc) is 3.24. The number of nitrogens with two attached hydrogens (primary N) is 1. The quantitative estimate of drug-likeness (QED) is 0.161. The fourth-order valence-electron chi connectivity index (χ4n) is 3.28. The number of para-hydroxylation sites is 1. The van der Waals surface area contributed by atoms with Crippen molar-refractivity contribution in [2.75, 3.05) is 12.3 Å². The number of halogens is 1. The Hall–Kier alpha value is -2.89. The van der Waals surface area contributed by atoms with Crippen molar-refractivity contribution in [1.29, 1.82) is 0 Å². The Morgan fingerprint density at radius 1 is 1.21 bits per heavy atom. The highest BCUT2D eigenvalue weighted by atomic mass is 79.9. The number of amides is 1. The lowest BCUT2D eigenvalue weighted by atomic mass is 10.1. The molecular weight excluding hydrogens is 528 g/mol. The number of sulfonamides is 1. The van der Waals surface area contributed by atoms with Gasteiger partial charge in [-0.2, -0.15) is 18.4 Å². The minimum absolute atomic E-state index is 0.0149. The van der Waals surface area contributed by atoms with Crippen molar-refractivity contribution in [3.05, 3.63) is 34.6 Å². The fourth-order valence-corrected chi connectivity index (χ4v) is 4.69. The number of ether oxygens (including phenoxy) is 1. The van der Waals surface area contributed by atoms with Crippen molar-refractivity contribution in [2.45, 2.75) is 29.7 Å². The monoisotopic (exact) mass is 544 g/mol. The molecule has 1 saturated heterocycles. The number of aliphatic hydroxyl groups is 3. The number of aliphatic hydroxyl groups excluding tert-OH is 3. The van der Waals surface area contributed by atoms with E-state index in [0.29, 0.717) is 0 Å². The molecular formula is C17H17BrN6O8S. The molecule has 1 aliphatic heterocycles. The third-order valence-corrected chi connectivity index (χ3v) is 6.57. The van der Waals surface area contributed by atoms with E-state index in [4.69, 9.17) is 10.5 Å². The molecule has 3 aromatic rings. The number of hydrogen-bond donors (Lipinski definition) is 6. The summed E-state index contributed by atoms with van der Waals surface area (Å²) in [5.41, 5.74) is 5.32. The van der Waals surface area contributed by atoms with Gasteiger partial charge in [-0.3, -0.25) is 9.36 Å². The van der Waals surface area contributed by atoms with E-state index in [-0.39, 0.29) is 27.3 Å². The Bertz CT molecular complexity index is 1350. The van der Waals surface area contributed by atoms with E-state index in [1.54, 1.807) is 4.72 Å². The number of carbonyl (C=O) groups is 1. The fraction of sp³-hybridized carbons (Fsp3) is 0.294. The molecule has 176 valence electrons. The molecule has 1 aromatic carbocycles. The molecule has 33 heavy (non-hydrogen) atoms. The maximum Gasteiger partial charge on any atom is 0.300 e. The van der Waals surface area contributed by atoms with Gasteiger partial charge in [0.15, 0.2) is 27.9 Å². The van der Waals surface area contributed by atoms with Crippen LogP contribution in [0.3, 0.4) is 0 Å². The van der Waals surface area contributed by atoms with E-state index in [9.17, 15) is 33.6 Å². The number of nitrogen functional groups attached to an aromatic ring is 1. The van der Waals surface area contributed by atoms with Crippen LogP contribution in [0, 0.1) is 0 Å². The number of nitrogens with one attached hydrogen (secondary N) is 1. The molecule has 0 radical (unpaired) electrons. The minimum Gasteiger partial charge on any atom is -0.507 e. The Morgan fingerprint density at radius 3 is 2.55 bits per heavy atom. The number of rotatable bonds is 5. The first-order valence-electron chi connectivity index (χ1n) is 9.23. The van der Waals surface area contributed by atoms with Crippen LogP contribution < -0.4 is 10.5 Å². The van der Waals surface area contributed by atoms with E-state index in [1.165, 1.54) is 24.3 Å². The van der Waals surface area contributed by atoms with Crippen LogP contribution in [0.2, 0.25) is 0 Å². The zero-order valence-electron chi connectivity index (χ0n) is 16.4. The number of carbonyl (C=O) groups excluding carboxylic acids is 1. The highest BCUT2D eigenvalue weighted by Crippen LogP contribution is 2.35. The first-order valence-corrected chi connectivity index (χ1v) is 11.5. The predicted octanol–water partition coefficient (Wildman–Crippen LogP) is -1.39. The number of aromatic hydroxyl groups is 1. The van der Waals surface area contributed by atoms with Crippen molar-refractivity contribution >= 4 is 48.8 Å². The number of aromatic nitrogens is 4. The van der Waals surface area contributed by atoms with E-state index in [1.807, 2.05) is 0 Å². The van der Waals surface area contributed by atoms with Crippen molar-refractivity contribution in [2.24, 2.45) is 0 Å². The lowest BCUT2D eigenvalue weighted by Gasteiger charge is -2.18. The summed E-state index contributed by atoms with van der Waals surface area (Å²) in [6.07, 6.45) is -5.38. The second-order valence-corrected chi connectivity index (χ2v) is 9.28. The first kappa shape index (κ1) is 23.3. The third-order valence-electron chi connectivity index (χ3n) is 4.89. The van der Waals surface area contributed by atoms with Gasteiger partial charge < -0.3 is 30.9 Å². The van der Waals surface area contributed by atoms with E-state index < -0.39 is 58.0 Å². The molecule has 2 unspecified atom stereocenters. The molecule has 1 fully saturated rings. The van der Waals surface area contributed by atoms with Crippen LogP contribution in [0.4, 0.5) is 5.82 Å². The zero-order valence-corrected chi connectivity index (χ0v) is 18.8. The molecule has 0 spiro atoms. The van der Waals surface area contributed by atoms with Crippen LogP contribution in [0.15, 0.2) is 34.2 Å². The molecule has 0 bridgehead atoms. The molecule has 4 atom stereocenters. The lowest BCUT2D eigenvalue weighted by Crippen LogP contribution is -2.33. The third kappa shape index (κ3) is 4.00. The average molecular weight is 545 g/mol. The van der Waals surface area contributed by atoms with E-state index in [0.717, 1.165) is 4.57 Å². The van der Waals surface area contributed by atoms with Crippen molar-refractivity contribution in [3.63, 3.8) is 0 Å². The normalized spacial score (nSPS) is 23.2. The topological polar surface area (TPSA) is 223 Å². The maximum atomic E-state index is 12.8. The summed E-state index contributed by atoms with van der Waals surface area (Å²) in [6, 6.07) is 5.31. The molecule has 4 rings (SSSR count). The van der Waals surface area contributed by atoms with Gasteiger partial charge in [-0.15, -0.1) is 0 Å². The van der Waals surface area contributed by atoms with E-state index in [2.05, 4.69) is 30.9 Å². The van der Waals surface area contributed by atoms with Crippen LogP contribution in [0.1, 0.15) is 16.6 Å². The van der Waals surface area contributed by atoms with Crippen molar-refractivity contribution in [3.8, 4) is 5.75 Å². The molecule has 0 saturated carbocycles. The number of phenols is 1. The van der Waals surface area contributed by atoms with Crippen LogP contribution in [0.25, 0.3) is 11.2 Å². The molecule has 16 heteroatoms. The van der Waals surface area contributed by atoms with Gasteiger partial charge in [0.25, 0.3) is 21.1 Å². The molecule has 1 aliphatic rings. The number of fused-ring (bicyclic) bond motifs is 1. The Morgan fingerprint density at radius 2 is 1.91 bits per heavy atom. The van der Waals surface area contributed by atoms with Gasteiger partial charge in [-0.25, -0.2) is 9.71 Å². The van der Waals surface area contributed by atoms with Crippen LogP contribution in [-0.2, 0) is 14.8 Å². The van der Waals surface area contributed by atoms with Crippen LogP contribution in [0.5, 0.6) is 5.75 Å². The smallest absolute Gasteiger partial charge is 0.300 e. The minimum atomic E-state index is -4.67. The largest absolute Gasteiger partial charge is 0.507 e. The summed E-state index contributed by atoms with van der Waals surface area (Å²) in [5, 5.41) is 38.6. The van der Waals surface area contributed by atoms with Gasteiger partial charge in [-0.05, 0) is 28.1 Å².